The van der Waals surface area contributed by atoms with Crippen LogP contribution in [-0.4, -0.2) is 23.8 Å². The maximum absolute atomic E-state index is 13.5. The van der Waals surface area contributed by atoms with Crippen molar-refractivity contribution in [3.8, 4) is 0 Å². The van der Waals surface area contributed by atoms with Crippen LogP contribution in [0.25, 0.3) is 0 Å². The lowest BCUT2D eigenvalue weighted by Crippen LogP contribution is -2.52. The number of hydrogen-bond acceptors (Lipinski definition) is 3. The molecule has 156 valence electrons. The fourth-order valence-corrected chi connectivity index (χ4v) is 3.71. The van der Waals surface area contributed by atoms with E-state index in [9.17, 15) is 14.4 Å². The van der Waals surface area contributed by atoms with Gasteiger partial charge in [0, 0.05) is 16.3 Å². The molecule has 0 aliphatic carbocycles. The van der Waals surface area contributed by atoms with Crippen LogP contribution in [0.1, 0.15) is 22.3 Å². The van der Waals surface area contributed by atoms with E-state index in [0.717, 1.165) is 5.56 Å². The predicted octanol–water partition coefficient (Wildman–Crippen LogP) is 4.64. The van der Waals surface area contributed by atoms with Crippen molar-refractivity contribution in [1.29, 1.82) is 0 Å². The van der Waals surface area contributed by atoms with E-state index in [1.807, 2.05) is 19.1 Å². The minimum Gasteiger partial charge on any atom is -0.326 e. The Morgan fingerprint density at radius 2 is 1.68 bits per heavy atom. The van der Waals surface area contributed by atoms with Crippen molar-refractivity contribution >= 4 is 46.4 Å². The minimum absolute atomic E-state index is 0.194. The summed E-state index contributed by atoms with van der Waals surface area (Å²) >= 11 is 5.89. The zero-order chi connectivity index (χ0) is 22.0. The summed E-state index contributed by atoms with van der Waals surface area (Å²) in [6.45, 7) is 1.84. The van der Waals surface area contributed by atoms with Crippen LogP contribution in [0.5, 0.6) is 0 Å². The van der Waals surface area contributed by atoms with Crippen molar-refractivity contribution in [3.05, 3.63) is 88.9 Å². The van der Waals surface area contributed by atoms with Crippen molar-refractivity contribution < 1.29 is 14.4 Å². The molecule has 2 N–H and O–H groups in total. The average molecular weight is 434 g/mol. The van der Waals surface area contributed by atoms with Gasteiger partial charge in [0.15, 0.2) is 0 Å². The van der Waals surface area contributed by atoms with Gasteiger partial charge in [-0.05, 0) is 55.0 Å². The van der Waals surface area contributed by atoms with Crippen LogP contribution < -0.4 is 15.5 Å². The molecule has 0 bridgehead atoms. The van der Waals surface area contributed by atoms with Gasteiger partial charge in [-0.3, -0.25) is 19.3 Å². The Bertz CT molecular complexity index is 1160. The van der Waals surface area contributed by atoms with Crippen molar-refractivity contribution in [3.63, 3.8) is 0 Å². The fraction of sp³-hybridized carbons (Fsp3) is 0.125. The van der Waals surface area contributed by atoms with Crippen LogP contribution in [-0.2, 0) is 9.59 Å². The van der Waals surface area contributed by atoms with Crippen LogP contribution >= 0.6 is 11.6 Å². The zero-order valence-electron chi connectivity index (χ0n) is 16.8. The molecule has 0 spiro atoms. The third kappa shape index (κ3) is 4.29. The van der Waals surface area contributed by atoms with Crippen molar-refractivity contribution in [2.45, 2.75) is 19.4 Å². The van der Waals surface area contributed by atoms with Gasteiger partial charge >= 0.3 is 0 Å². The van der Waals surface area contributed by atoms with Gasteiger partial charge in [0.2, 0.25) is 11.8 Å². The Labute approximate surface area is 184 Å². The van der Waals surface area contributed by atoms with Crippen LogP contribution in [0.4, 0.5) is 17.1 Å². The molecule has 0 saturated heterocycles. The van der Waals surface area contributed by atoms with Gasteiger partial charge in [-0.2, -0.15) is 0 Å². The monoisotopic (exact) mass is 433 g/mol. The molecule has 4 rings (SSSR count). The molecule has 1 aliphatic rings. The second-order valence-electron chi connectivity index (χ2n) is 7.27. The van der Waals surface area contributed by atoms with E-state index >= 15 is 0 Å². The molecule has 0 aromatic heterocycles. The Kier molecular flexibility index (Phi) is 5.73. The summed E-state index contributed by atoms with van der Waals surface area (Å²) in [7, 11) is 0. The molecule has 1 unspecified atom stereocenters. The summed E-state index contributed by atoms with van der Waals surface area (Å²) in [6.07, 6.45) is -0.194. The number of anilines is 3. The Morgan fingerprint density at radius 1 is 1.00 bits per heavy atom. The van der Waals surface area contributed by atoms with Crippen LogP contribution in [0, 0.1) is 6.92 Å². The smallest absolute Gasteiger partial charge is 0.259 e. The highest BCUT2D eigenvalue weighted by atomic mass is 35.5. The van der Waals surface area contributed by atoms with Crippen LogP contribution in [0.15, 0.2) is 72.8 Å². The highest BCUT2D eigenvalue weighted by Crippen LogP contribution is 2.34. The molecule has 1 heterocycles. The molecule has 3 aromatic carbocycles. The molecule has 0 radical (unpaired) electrons. The largest absolute Gasteiger partial charge is 0.326 e. The maximum Gasteiger partial charge on any atom is 0.259 e. The van der Waals surface area contributed by atoms with E-state index < -0.39 is 11.9 Å². The summed E-state index contributed by atoms with van der Waals surface area (Å²) in [5.41, 5.74) is 2.92. The zero-order valence-corrected chi connectivity index (χ0v) is 17.5. The van der Waals surface area contributed by atoms with Gasteiger partial charge in [0.25, 0.3) is 5.91 Å². The molecule has 31 heavy (non-hydrogen) atoms. The number of amides is 3. The highest BCUT2D eigenvalue weighted by molar-refractivity contribution is 6.30. The average Bonchev–Trinajstić information content (AvgIpc) is 2.76. The first-order valence-electron chi connectivity index (χ1n) is 9.78. The summed E-state index contributed by atoms with van der Waals surface area (Å²) < 4.78 is 0. The number of nitrogens with zero attached hydrogens (tertiary/aromatic N) is 1. The molecule has 3 amide bonds. The van der Waals surface area contributed by atoms with Crippen molar-refractivity contribution in [2.24, 2.45) is 0 Å². The number of aryl methyl sites for hydroxylation is 1. The van der Waals surface area contributed by atoms with Gasteiger partial charge in [-0.15, -0.1) is 0 Å². The normalized spacial score (nSPS) is 15.1. The Balaban J connectivity index is 1.66. The van der Waals surface area contributed by atoms with Gasteiger partial charge in [-0.1, -0.05) is 41.9 Å². The minimum atomic E-state index is -0.991. The number of carbonyl (C=O) groups excluding carboxylic acids is 3. The van der Waals surface area contributed by atoms with E-state index in [4.69, 9.17) is 11.6 Å². The Hall–Kier alpha value is -3.64. The quantitative estimate of drug-likeness (QED) is 0.628. The second kappa shape index (κ2) is 8.62. The number of nitrogens with one attached hydrogen (secondary N) is 2. The number of fused-ring (bicyclic) bond motifs is 1. The van der Waals surface area contributed by atoms with Gasteiger partial charge in [0.05, 0.1) is 17.8 Å². The lowest BCUT2D eigenvalue weighted by atomic mass is 10.0. The number of carbonyl (C=O) groups is 3. The van der Waals surface area contributed by atoms with E-state index in [-0.39, 0.29) is 18.2 Å². The van der Waals surface area contributed by atoms with Gasteiger partial charge in [-0.25, -0.2) is 0 Å². The number of para-hydroxylation sites is 2. The summed E-state index contributed by atoms with van der Waals surface area (Å²) in [6, 6.07) is 19.9. The molecule has 6 nitrogen and oxygen atoms in total. The summed E-state index contributed by atoms with van der Waals surface area (Å²) in [5, 5.41) is 6.12. The van der Waals surface area contributed by atoms with Crippen molar-refractivity contribution in [2.75, 3.05) is 15.5 Å². The standard InChI is InChI=1S/C24H20ClN3O3/c1-15-6-2-3-7-18(15)24(31)28-20-9-5-4-8-19(20)27-23(30)21(28)14-22(29)26-17-12-10-16(25)11-13-17/h2-13,21H,14H2,1H3,(H,26,29)(H,27,30). The first-order chi connectivity index (χ1) is 14.9. The first-order valence-corrected chi connectivity index (χ1v) is 10.2. The third-order valence-electron chi connectivity index (χ3n) is 5.14. The molecule has 0 saturated carbocycles. The number of rotatable bonds is 4. The Morgan fingerprint density at radius 3 is 2.42 bits per heavy atom. The summed E-state index contributed by atoms with van der Waals surface area (Å²) in [5.74, 6) is -1.12. The number of halogens is 1. The van der Waals surface area contributed by atoms with Crippen molar-refractivity contribution in [1.82, 2.24) is 0 Å². The van der Waals surface area contributed by atoms with E-state index in [1.165, 1.54) is 4.90 Å². The maximum atomic E-state index is 13.5. The molecule has 1 aliphatic heterocycles. The van der Waals surface area contributed by atoms with Crippen LogP contribution in [0.3, 0.4) is 0 Å². The lowest BCUT2D eigenvalue weighted by molar-refractivity contribution is -0.122. The summed E-state index contributed by atoms with van der Waals surface area (Å²) in [4.78, 5) is 40.6. The van der Waals surface area contributed by atoms with Gasteiger partial charge < -0.3 is 10.6 Å². The van der Waals surface area contributed by atoms with E-state index in [0.29, 0.717) is 27.6 Å². The van der Waals surface area contributed by atoms with E-state index in [1.54, 1.807) is 60.7 Å². The predicted molar refractivity (Wildman–Crippen MR) is 122 cm³/mol. The molecular weight excluding hydrogens is 414 g/mol. The third-order valence-corrected chi connectivity index (χ3v) is 5.39. The SMILES string of the molecule is Cc1ccccc1C(=O)N1c2ccccc2NC(=O)C1CC(=O)Nc1ccc(Cl)cc1. The first kappa shape index (κ1) is 20.6. The van der Waals surface area contributed by atoms with Crippen LogP contribution in [0.2, 0.25) is 5.02 Å². The fourth-order valence-electron chi connectivity index (χ4n) is 3.59. The van der Waals surface area contributed by atoms with E-state index in [2.05, 4.69) is 10.6 Å². The molecular formula is C24H20ClN3O3. The highest BCUT2D eigenvalue weighted by Gasteiger charge is 2.38. The topological polar surface area (TPSA) is 78.5 Å². The number of benzene rings is 3. The molecule has 0 fully saturated rings. The molecule has 1 atom stereocenters. The molecule has 3 aromatic rings. The second-order valence-corrected chi connectivity index (χ2v) is 7.71. The lowest BCUT2D eigenvalue weighted by Gasteiger charge is -2.36. The number of hydrogen-bond donors (Lipinski definition) is 2. The van der Waals surface area contributed by atoms with Gasteiger partial charge in [0.1, 0.15) is 6.04 Å². The molecule has 7 heteroatoms.